The molecule has 10 heteroatoms. The van der Waals surface area contributed by atoms with Gasteiger partial charge < -0.3 is 14.5 Å². The Hall–Kier alpha value is -3.11. The van der Waals surface area contributed by atoms with Crippen molar-refractivity contribution < 1.29 is 18.3 Å². The molecule has 0 radical (unpaired) electrons. The smallest absolute Gasteiger partial charge is 0.230 e. The second-order valence-electron chi connectivity index (χ2n) is 7.36. The van der Waals surface area contributed by atoms with Gasteiger partial charge in [-0.3, -0.25) is 14.3 Å². The molecule has 34 heavy (non-hydrogen) atoms. The number of amides is 1. The third kappa shape index (κ3) is 6.71. The number of likely N-dealkylation sites (N-methyl/N-ethyl adjacent to an activating group) is 1. The SMILES string of the molecule is C=CCn1c(COc2ccccc2F)nnc1SCC(=O)NC[C@@H](c1ccco1)N(CC)CC. The van der Waals surface area contributed by atoms with E-state index in [9.17, 15) is 9.18 Å². The van der Waals surface area contributed by atoms with Crippen molar-refractivity contribution in [3.63, 3.8) is 0 Å². The molecule has 0 fully saturated rings. The maximum absolute atomic E-state index is 13.8. The van der Waals surface area contributed by atoms with Gasteiger partial charge in [0, 0.05) is 13.1 Å². The molecule has 0 unspecified atom stereocenters. The van der Waals surface area contributed by atoms with Gasteiger partial charge in [0.1, 0.15) is 12.4 Å². The number of ether oxygens (including phenoxy) is 1. The first kappa shape index (κ1) is 25.5. The molecule has 1 atom stereocenters. The molecule has 0 aliphatic heterocycles. The monoisotopic (exact) mass is 487 g/mol. The van der Waals surface area contributed by atoms with Crippen molar-refractivity contribution in [2.75, 3.05) is 25.4 Å². The Morgan fingerprint density at radius 2 is 2.09 bits per heavy atom. The van der Waals surface area contributed by atoms with E-state index in [0.29, 0.717) is 24.1 Å². The normalized spacial score (nSPS) is 12.0. The lowest BCUT2D eigenvalue weighted by molar-refractivity contribution is -0.118. The average Bonchev–Trinajstić information content (AvgIpc) is 3.51. The molecule has 0 spiro atoms. The number of allylic oxidation sites excluding steroid dienone is 1. The predicted molar refractivity (Wildman–Crippen MR) is 129 cm³/mol. The van der Waals surface area contributed by atoms with Crippen molar-refractivity contribution in [1.29, 1.82) is 0 Å². The molecular formula is C24H30FN5O3S. The minimum absolute atomic E-state index is 0.0366. The molecule has 2 heterocycles. The Balaban J connectivity index is 1.58. The molecule has 1 amide bonds. The Labute approximate surface area is 203 Å². The van der Waals surface area contributed by atoms with E-state index in [0.717, 1.165) is 18.8 Å². The van der Waals surface area contributed by atoms with E-state index in [-0.39, 0.29) is 30.1 Å². The molecule has 0 saturated heterocycles. The molecule has 0 bridgehead atoms. The van der Waals surface area contributed by atoms with Crippen molar-refractivity contribution >= 4 is 17.7 Å². The second-order valence-corrected chi connectivity index (χ2v) is 8.30. The maximum Gasteiger partial charge on any atom is 0.230 e. The van der Waals surface area contributed by atoms with Gasteiger partial charge >= 0.3 is 0 Å². The molecule has 2 aromatic heterocycles. The summed E-state index contributed by atoms with van der Waals surface area (Å²) in [4.78, 5) is 14.8. The number of rotatable bonds is 14. The first-order valence-electron chi connectivity index (χ1n) is 11.1. The summed E-state index contributed by atoms with van der Waals surface area (Å²) in [6.45, 7) is 10.5. The number of thioether (sulfide) groups is 1. The number of furan rings is 1. The molecule has 1 N–H and O–H groups in total. The van der Waals surface area contributed by atoms with E-state index in [2.05, 4.69) is 40.8 Å². The number of carbonyl (C=O) groups excluding carboxylic acids is 1. The van der Waals surface area contributed by atoms with E-state index < -0.39 is 5.82 Å². The van der Waals surface area contributed by atoms with Crippen molar-refractivity contribution in [3.8, 4) is 5.75 Å². The van der Waals surface area contributed by atoms with Crippen LogP contribution < -0.4 is 10.1 Å². The van der Waals surface area contributed by atoms with Gasteiger partial charge in [0.15, 0.2) is 22.5 Å². The van der Waals surface area contributed by atoms with Crippen LogP contribution in [0, 0.1) is 5.82 Å². The lowest BCUT2D eigenvalue weighted by atomic mass is 10.2. The first-order chi connectivity index (χ1) is 16.6. The van der Waals surface area contributed by atoms with E-state index in [1.807, 2.05) is 12.1 Å². The summed E-state index contributed by atoms with van der Waals surface area (Å²) in [5.74, 6) is 1.09. The highest BCUT2D eigenvalue weighted by atomic mass is 32.2. The Morgan fingerprint density at radius 1 is 1.29 bits per heavy atom. The molecule has 8 nitrogen and oxygen atoms in total. The van der Waals surface area contributed by atoms with Gasteiger partial charge in [0.25, 0.3) is 0 Å². The van der Waals surface area contributed by atoms with Crippen LogP contribution in [0.25, 0.3) is 0 Å². The van der Waals surface area contributed by atoms with Crippen LogP contribution >= 0.6 is 11.8 Å². The van der Waals surface area contributed by atoms with Crippen LogP contribution in [0.1, 0.15) is 31.5 Å². The first-order valence-corrected chi connectivity index (χ1v) is 12.1. The third-order valence-electron chi connectivity index (χ3n) is 5.25. The van der Waals surface area contributed by atoms with Gasteiger partial charge in [-0.05, 0) is 37.4 Å². The number of nitrogens with one attached hydrogen (secondary N) is 1. The highest BCUT2D eigenvalue weighted by Crippen LogP contribution is 2.22. The third-order valence-corrected chi connectivity index (χ3v) is 6.21. The zero-order valence-corrected chi connectivity index (χ0v) is 20.3. The molecule has 0 aliphatic carbocycles. The van der Waals surface area contributed by atoms with E-state index in [1.54, 1.807) is 35.1 Å². The quantitative estimate of drug-likeness (QED) is 0.271. The fraction of sp³-hybridized carbons (Fsp3) is 0.375. The molecule has 182 valence electrons. The molecular weight excluding hydrogens is 457 g/mol. The largest absolute Gasteiger partial charge is 0.483 e. The van der Waals surface area contributed by atoms with Crippen LogP contribution in [0.4, 0.5) is 4.39 Å². The van der Waals surface area contributed by atoms with Gasteiger partial charge in [0.2, 0.25) is 5.91 Å². The Kier molecular flexibility index (Phi) is 9.72. The van der Waals surface area contributed by atoms with E-state index in [4.69, 9.17) is 9.15 Å². The lowest BCUT2D eigenvalue weighted by Crippen LogP contribution is -2.38. The Morgan fingerprint density at radius 3 is 2.76 bits per heavy atom. The van der Waals surface area contributed by atoms with Gasteiger partial charge in [-0.25, -0.2) is 4.39 Å². The summed E-state index contributed by atoms with van der Waals surface area (Å²) in [5.41, 5.74) is 0. The highest BCUT2D eigenvalue weighted by Gasteiger charge is 2.22. The van der Waals surface area contributed by atoms with E-state index >= 15 is 0 Å². The van der Waals surface area contributed by atoms with Crippen LogP contribution in [0.2, 0.25) is 0 Å². The van der Waals surface area contributed by atoms with Crippen LogP contribution in [-0.4, -0.2) is 51.0 Å². The number of aromatic nitrogens is 3. The summed E-state index contributed by atoms with van der Waals surface area (Å²) in [6.07, 6.45) is 3.35. The van der Waals surface area contributed by atoms with E-state index in [1.165, 1.54) is 17.8 Å². The summed E-state index contributed by atoms with van der Waals surface area (Å²) < 4.78 is 26.8. The van der Waals surface area contributed by atoms with Crippen LogP contribution in [-0.2, 0) is 17.9 Å². The van der Waals surface area contributed by atoms with Gasteiger partial charge in [-0.1, -0.05) is 43.8 Å². The van der Waals surface area contributed by atoms with Gasteiger partial charge in [-0.15, -0.1) is 16.8 Å². The minimum Gasteiger partial charge on any atom is -0.483 e. The molecule has 3 rings (SSSR count). The van der Waals surface area contributed by atoms with Crippen LogP contribution in [0.15, 0.2) is 64.9 Å². The molecule has 0 saturated carbocycles. The minimum atomic E-state index is -0.443. The van der Waals surface area contributed by atoms with Gasteiger partial charge in [0.05, 0.1) is 18.1 Å². The van der Waals surface area contributed by atoms with Crippen molar-refractivity contribution in [2.45, 2.75) is 38.2 Å². The summed E-state index contributed by atoms with van der Waals surface area (Å²) in [5, 5.41) is 11.9. The summed E-state index contributed by atoms with van der Waals surface area (Å²) in [6, 6.07) is 9.92. The Bertz CT molecular complexity index is 1050. The number of hydrogen-bond donors (Lipinski definition) is 1. The zero-order valence-electron chi connectivity index (χ0n) is 19.4. The topological polar surface area (TPSA) is 85.4 Å². The van der Waals surface area contributed by atoms with Crippen LogP contribution in [0.5, 0.6) is 5.75 Å². The number of carbonyl (C=O) groups is 1. The highest BCUT2D eigenvalue weighted by molar-refractivity contribution is 7.99. The fourth-order valence-corrected chi connectivity index (χ4v) is 4.29. The van der Waals surface area contributed by atoms with Crippen molar-refractivity contribution in [2.24, 2.45) is 0 Å². The zero-order chi connectivity index (χ0) is 24.3. The molecule has 0 aliphatic rings. The standard InChI is InChI=1S/C24H30FN5O3S/c1-4-13-30-22(16-33-20-11-8-7-10-18(20)25)27-28-24(30)34-17-23(31)26-15-19(29(5-2)6-3)21-12-9-14-32-21/h4,7-12,14,19H,1,5-6,13,15-17H2,2-3H3,(H,26,31)/t19-/m0/s1. The summed E-state index contributed by atoms with van der Waals surface area (Å²) >= 11 is 1.27. The van der Waals surface area contributed by atoms with Crippen molar-refractivity contribution in [1.82, 2.24) is 25.0 Å². The van der Waals surface area contributed by atoms with Crippen molar-refractivity contribution in [3.05, 3.63) is 72.7 Å². The average molecular weight is 488 g/mol. The predicted octanol–water partition coefficient (Wildman–Crippen LogP) is 4.07. The maximum atomic E-state index is 13.8. The molecule has 3 aromatic rings. The lowest BCUT2D eigenvalue weighted by Gasteiger charge is -2.28. The number of halogens is 1. The molecule has 1 aromatic carbocycles. The number of nitrogens with zero attached hydrogens (tertiary/aromatic N) is 4. The fourth-order valence-electron chi connectivity index (χ4n) is 3.50. The van der Waals surface area contributed by atoms with Gasteiger partial charge in [-0.2, -0.15) is 0 Å². The number of para-hydroxylation sites is 1. The van der Waals surface area contributed by atoms with Crippen LogP contribution in [0.3, 0.4) is 0 Å². The second kappa shape index (κ2) is 13.0. The summed E-state index contributed by atoms with van der Waals surface area (Å²) in [7, 11) is 0. The number of hydrogen-bond acceptors (Lipinski definition) is 7. The number of benzene rings is 1.